The van der Waals surface area contributed by atoms with Gasteiger partial charge in [0.15, 0.2) is 0 Å². The third-order valence-electron chi connectivity index (χ3n) is 4.08. The van der Waals surface area contributed by atoms with Gasteiger partial charge >= 0.3 is 0 Å². The number of nitrogens with one attached hydrogen (secondary N) is 1. The Labute approximate surface area is 112 Å². The highest BCUT2D eigenvalue weighted by molar-refractivity contribution is 8.15. The van der Waals surface area contributed by atoms with E-state index in [0.717, 1.165) is 56.7 Å². The largest absolute Gasteiger partial charge is 0.393 e. The fraction of sp³-hybridized carbons (Fsp3) is 0.846. The van der Waals surface area contributed by atoms with Crippen LogP contribution in [0, 0.1) is 5.41 Å². The van der Waals surface area contributed by atoms with Crippen LogP contribution in [-0.4, -0.2) is 27.6 Å². The summed E-state index contributed by atoms with van der Waals surface area (Å²) in [6.07, 6.45) is 6.41. The summed E-state index contributed by atoms with van der Waals surface area (Å²) in [7, 11) is 0. The molecule has 0 bridgehead atoms. The minimum absolute atomic E-state index is 0.125. The highest BCUT2D eigenvalue weighted by Gasteiger charge is 2.38. The van der Waals surface area contributed by atoms with Crippen LogP contribution in [0.4, 0.5) is 4.79 Å². The standard InChI is InChI=1S/C13H21NO3S/c1-13(6-2-4-9(15)5-3-7-13)8-10-11(16)14-12(17)18-10/h9-10,15H,2-8H2,1H3,(H,14,16,17). The molecule has 1 heterocycles. The highest BCUT2D eigenvalue weighted by atomic mass is 32.2. The second-order valence-corrected chi connectivity index (χ2v) is 7.01. The first-order valence-electron chi connectivity index (χ1n) is 6.68. The van der Waals surface area contributed by atoms with Gasteiger partial charge in [-0.05, 0) is 37.5 Å². The summed E-state index contributed by atoms with van der Waals surface area (Å²) in [5.74, 6) is -0.131. The molecule has 0 aromatic carbocycles. The second kappa shape index (κ2) is 5.61. The van der Waals surface area contributed by atoms with Crippen LogP contribution in [0.25, 0.3) is 0 Å². The molecule has 18 heavy (non-hydrogen) atoms. The van der Waals surface area contributed by atoms with Gasteiger partial charge in [-0.25, -0.2) is 0 Å². The van der Waals surface area contributed by atoms with Crippen LogP contribution in [0.3, 0.4) is 0 Å². The number of carbonyl (C=O) groups is 2. The minimum atomic E-state index is -0.216. The molecule has 0 spiro atoms. The molecule has 2 rings (SSSR count). The van der Waals surface area contributed by atoms with E-state index in [1.165, 1.54) is 0 Å². The van der Waals surface area contributed by atoms with Crippen LogP contribution in [0.1, 0.15) is 51.9 Å². The minimum Gasteiger partial charge on any atom is -0.393 e. The first kappa shape index (κ1) is 13.9. The Bertz CT molecular complexity index is 335. The van der Waals surface area contributed by atoms with Crippen molar-refractivity contribution in [2.45, 2.75) is 63.2 Å². The van der Waals surface area contributed by atoms with E-state index < -0.39 is 0 Å². The molecule has 0 radical (unpaired) electrons. The van der Waals surface area contributed by atoms with Gasteiger partial charge in [0.1, 0.15) is 0 Å². The van der Waals surface area contributed by atoms with Gasteiger partial charge in [-0.2, -0.15) is 0 Å². The molecule has 0 aromatic heterocycles. The van der Waals surface area contributed by atoms with Gasteiger partial charge in [0.05, 0.1) is 11.4 Å². The first-order chi connectivity index (χ1) is 8.48. The van der Waals surface area contributed by atoms with Crippen molar-refractivity contribution in [2.24, 2.45) is 5.41 Å². The lowest BCUT2D eigenvalue weighted by Gasteiger charge is -2.33. The summed E-state index contributed by atoms with van der Waals surface area (Å²) in [6.45, 7) is 2.21. The van der Waals surface area contributed by atoms with Crippen LogP contribution in [0.15, 0.2) is 0 Å². The number of aliphatic hydroxyl groups is 1. The number of rotatable bonds is 2. The van der Waals surface area contributed by atoms with Gasteiger partial charge < -0.3 is 5.11 Å². The van der Waals surface area contributed by atoms with Crippen molar-refractivity contribution < 1.29 is 14.7 Å². The topological polar surface area (TPSA) is 66.4 Å². The third-order valence-corrected chi connectivity index (χ3v) is 5.06. The lowest BCUT2D eigenvalue weighted by molar-refractivity contribution is -0.119. The zero-order valence-corrected chi connectivity index (χ0v) is 11.6. The van der Waals surface area contributed by atoms with Gasteiger partial charge in [-0.15, -0.1) is 0 Å². The maximum Gasteiger partial charge on any atom is 0.286 e. The number of amides is 2. The molecule has 0 aromatic rings. The monoisotopic (exact) mass is 271 g/mol. The number of hydrogen-bond donors (Lipinski definition) is 2. The fourth-order valence-corrected chi connectivity index (χ4v) is 4.05. The Kier molecular flexibility index (Phi) is 4.33. The quantitative estimate of drug-likeness (QED) is 0.809. The number of aliphatic hydroxyl groups excluding tert-OH is 1. The Morgan fingerprint density at radius 2 is 1.94 bits per heavy atom. The van der Waals surface area contributed by atoms with E-state index in [9.17, 15) is 14.7 Å². The van der Waals surface area contributed by atoms with Crippen LogP contribution >= 0.6 is 11.8 Å². The van der Waals surface area contributed by atoms with Gasteiger partial charge in [-0.1, -0.05) is 31.5 Å². The molecule has 4 nitrogen and oxygen atoms in total. The number of thioether (sulfide) groups is 1. The van der Waals surface area contributed by atoms with E-state index in [2.05, 4.69) is 12.2 Å². The Balaban J connectivity index is 1.93. The van der Waals surface area contributed by atoms with Crippen LogP contribution in [0.5, 0.6) is 0 Å². The number of imide groups is 1. The van der Waals surface area contributed by atoms with E-state index in [4.69, 9.17) is 0 Å². The van der Waals surface area contributed by atoms with Crippen molar-refractivity contribution in [2.75, 3.05) is 0 Å². The zero-order valence-electron chi connectivity index (χ0n) is 10.8. The molecule has 1 saturated heterocycles. The summed E-state index contributed by atoms with van der Waals surface area (Å²) < 4.78 is 0. The van der Waals surface area contributed by atoms with Crippen molar-refractivity contribution in [3.05, 3.63) is 0 Å². The van der Waals surface area contributed by atoms with Gasteiger partial charge in [0, 0.05) is 0 Å². The fourth-order valence-electron chi connectivity index (χ4n) is 2.98. The highest BCUT2D eigenvalue weighted by Crippen LogP contribution is 2.41. The van der Waals surface area contributed by atoms with Crippen molar-refractivity contribution in [3.8, 4) is 0 Å². The lowest BCUT2D eigenvalue weighted by Crippen LogP contribution is -2.30. The van der Waals surface area contributed by atoms with E-state index >= 15 is 0 Å². The van der Waals surface area contributed by atoms with Crippen LogP contribution < -0.4 is 5.32 Å². The molecule has 5 heteroatoms. The third kappa shape index (κ3) is 3.48. The van der Waals surface area contributed by atoms with E-state index in [0.29, 0.717) is 0 Å². The Morgan fingerprint density at radius 1 is 1.33 bits per heavy atom. The molecular formula is C13H21NO3S. The first-order valence-corrected chi connectivity index (χ1v) is 7.56. The maximum absolute atomic E-state index is 11.6. The average Bonchev–Trinajstić information content (AvgIpc) is 2.55. The van der Waals surface area contributed by atoms with E-state index in [1.807, 2.05) is 0 Å². The smallest absolute Gasteiger partial charge is 0.286 e. The van der Waals surface area contributed by atoms with E-state index in [1.54, 1.807) is 0 Å². The normalized spacial score (nSPS) is 38.1. The SMILES string of the molecule is CC1(CC2SC(=O)NC2=O)CCCC(O)CCC1. The molecule has 1 unspecified atom stereocenters. The summed E-state index contributed by atoms with van der Waals surface area (Å²) >= 11 is 1.13. The number of hydrogen-bond acceptors (Lipinski definition) is 4. The molecule has 102 valence electrons. The molecule has 1 aliphatic heterocycles. The second-order valence-electron chi connectivity index (χ2n) is 5.84. The molecule has 1 atom stereocenters. The predicted octanol–water partition coefficient (Wildman–Crippen LogP) is 2.45. The van der Waals surface area contributed by atoms with Crippen molar-refractivity contribution >= 4 is 22.9 Å². The van der Waals surface area contributed by atoms with Gasteiger partial charge in [0.2, 0.25) is 5.91 Å². The predicted molar refractivity (Wildman–Crippen MR) is 71.4 cm³/mol. The van der Waals surface area contributed by atoms with Crippen LogP contribution in [-0.2, 0) is 4.79 Å². The zero-order chi connectivity index (χ0) is 13.2. The molecule has 2 fully saturated rings. The molecule has 2 amide bonds. The number of carbonyl (C=O) groups excluding carboxylic acids is 2. The molecule has 1 saturated carbocycles. The molecular weight excluding hydrogens is 250 g/mol. The van der Waals surface area contributed by atoms with Crippen molar-refractivity contribution in [1.29, 1.82) is 0 Å². The summed E-state index contributed by atoms with van der Waals surface area (Å²) in [6, 6.07) is 0. The summed E-state index contributed by atoms with van der Waals surface area (Å²) in [5.41, 5.74) is 0.125. The summed E-state index contributed by atoms with van der Waals surface area (Å²) in [4.78, 5) is 22.8. The molecule has 1 aliphatic carbocycles. The molecule has 2 aliphatic rings. The van der Waals surface area contributed by atoms with Crippen molar-refractivity contribution in [1.82, 2.24) is 5.32 Å². The van der Waals surface area contributed by atoms with Crippen LogP contribution in [0.2, 0.25) is 0 Å². The van der Waals surface area contributed by atoms with E-state index in [-0.39, 0.29) is 27.9 Å². The Morgan fingerprint density at radius 3 is 2.44 bits per heavy atom. The lowest BCUT2D eigenvalue weighted by atomic mass is 9.74. The average molecular weight is 271 g/mol. The molecule has 2 N–H and O–H groups in total. The van der Waals surface area contributed by atoms with Gasteiger partial charge in [-0.3, -0.25) is 14.9 Å². The Hall–Kier alpha value is -0.550. The maximum atomic E-state index is 11.6. The van der Waals surface area contributed by atoms with Crippen molar-refractivity contribution in [3.63, 3.8) is 0 Å². The van der Waals surface area contributed by atoms with Gasteiger partial charge in [0.25, 0.3) is 5.24 Å². The summed E-state index contributed by atoms with van der Waals surface area (Å²) in [5, 5.41) is 11.6.